The second-order valence-electron chi connectivity index (χ2n) is 4.63. The molecule has 0 saturated carbocycles. The summed E-state index contributed by atoms with van der Waals surface area (Å²) >= 11 is 4.81. The molecule has 7 heteroatoms. The summed E-state index contributed by atoms with van der Waals surface area (Å²) < 4.78 is 28.7. The lowest BCUT2D eigenvalue weighted by Gasteiger charge is -2.15. The van der Waals surface area contributed by atoms with Crippen LogP contribution < -0.4 is 10.0 Å². The largest absolute Gasteiger partial charge is 0.315 e. The average molecular weight is 389 g/mol. The molecule has 0 bridgehead atoms. The Morgan fingerprint density at radius 2 is 1.90 bits per heavy atom. The molecule has 1 aromatic carbocycles. The van der Waals surface area contributed by atoms with E-state index in [2.05, 4.69) is 26.0 Å². The third-order valence-electron chi connectivity index (χ3n) is 3.03. The topological polar surface area (TPSA) is 58.2 Å². The number of nitrogens with one attached hydrogen (secondary N) is 2. The number of thiophene rings is 1. The molecular formula is C14H17BrN2O2S2. The fourth-order valence-electron chi connectivity index (χ4n) is 1.97. The molecular weight excluding hydrogens is 372 g/mol. The van der Waals surface area contributed by atoms with Crippen molar-refractivity contribution in [1.82, 2.24) is 10.0 Å². The van der Waals surface area contributed by atoms with Crippen LogP contribution in [0.1, 0.15) is 23.4 Å². The monoisotopic (exact) mass is 388 g/mol. The van der Waals surface area contributed by atoms with E-state index in [0.717, 1.165) is 14.9 Å². The van der Waals surface area contributed by atoms with E-state index in [9.17, 15) is 8.42 Å². The Morgan fingerprint density at radius 1 is 1.24 bits per heavy atom. The van der Waals surface area contributed by atoms with Crippen LogP contribution in [0.25, 0.3) is 0 Å². The number of benzene rings is 1. The van der Waals surface area contributed by atoms with E-state index in [1.54, 1.807) is 18.5 Å². The normalized spacial score (nSPS) is 13.3. The zero-order chi connectivity index (χ0) is 15.5. The Bertz CT molecular complexity index is 696. The number of sulfonamides is 1. The molecule has 1 atom stereocenters. The summed E-state index contributed by atoms with van der Waals surface area (Å²) in [6.07, 6.45) is 0. The highest BCUT2D eigenvalue weighted by Gasteiger charge is 2.22. The molecule has 2 aromatic rings. The first-order valence-corrected chi connectivity index (χ1v) is 9.58. The van der Waals surface area contributed by atoms with Gasteiger partial charge < -0.3 is 5.32 Å². The summed E-state index contributed by atoms with van der Waals surface area (Å²) in [4.78, 5) is 1.17. The predicted octanol–water partition coefficient (Wildman–Crippen LogP) is 3.27. The van der Waals surface area contributed by atoms with Gasteiger partial charge in [0.1, 0.15) is 0 Å². The van der Waals surface area contributed by atoms with Crippen LogP contribution in [0.5, 0.6) is 0 Å². The molecule has 4 nitrogen and oxygen atoms in total. The third kappa shape index (κ3) is 4.14. The molecule has 0 amide bonds. The van der Waals surface area contributed by atoms with Crippen LogP contribution in [0.2, 0.25) is 0 Å². The second-order valence-corrected chi connectivity index (χ2v) is 8.23. The summed E-state index contributed by atoms with van der Waals surface area (Å²) in [6.45, 7) is 2.38. The van der Waals surface area contributed by atoms with Gasteiger partial charge in [-0.05, 0) is 43.1 Å². The number of rotatable bonds is 6. The summed E-state index contributed by atoms with van der Waals surface area (Å²) in [5.74, 6) is 0. The molecule has 0 radical (unpaired) electrons. The van der Waals surface area contributed by atoms with Crippen molar-refractivity contribution in [2.24, 2.45) is 0 Å². The van der Waals surface area contributed by atoms with Crippen molar-refractivity contribution >= 4 is 37.3 Å². The Balaban J connectivity index is 2.20. The Hall–Kier alpha value is -0.730. The SMILES string of the molecule is CNCc1sccc1S(=O)(=O)NC(C)c1ccc(Br)cc1. The van der Waals surface area contributed by atoms with Crippen molar-refractivity contribution in [2.75, 3.05) is 7.05 Å². The molecule has 0 fully saturated rings. The highest BCUT2D eigenvalue weighted by atomic mass is 79.9. The molecule has 2 rings (SSSR count). The number of hydrogen-bond donors (Lipinski definition) is 2. The van der Waals surface area contributed by atoms with Crippen LogP contribution in [0, 0.1) is 0 Å². The molecule has 21 heavy (non-hydrogen) atoms. The molecule has 0 aliphatic carbocycles. The fourth-order valence-corrected chi connectivity index (χ4v) is 4.93. The van der Waals surface area contributed by atoms with Gasteiger partial charge in [-0.15, -0.1) is 11.3 Å². The minimum atomic E-state index is -3.52. The highest BCUT2D eigenvalue weighted by Crippen LogP contribution is 2.24. The maximum atomic E-state index is 12.5. The van der Waals surface area contributed by atoms with Gasteiger partial charge in [-0.1, -0.05) is 28.1 Å². The van der Waals surface area contributed by atoms with Gasteiger partial charge in [0.15, 0.2) is 0 Å². The van der Waals surface area contributed by atoms with Crippen LogP contribution in [-0.4, -0.2) is 15.5 Å². The van der Waals surface area contributed by atoms with E-state index in [-0.39, 0.29) is 6.04 Å². The number of halogens is 1. The van der Waals surface area contributed by atoms with E-state index in [0.29, 0.717) is 11.4 Å². The Morgan fingerprint density at radius 3 is 2.52 bits per heavy atom. The smallest absolute Gasteiger partial charge is 0.242 e. The summed E-state index contributed by atoms with van der Waals surface area (Å²) in [7, 11) is -1.72. The van der Waals surface area contributed by atoms with Gasteiger partial charge in [-0.25, -0.2) is 13.1 Å². The standard InChI is InChI=1S/C14H17BrN2O2S2/c1-10(11-3-5-12(15)6-4-11)17-21(18,19)14-7-8-20-13(14)9-16-2/h3-8,10,16-17H,9H2,1-2H3. The summed E-state index contributed by atoms with van der Waals surface area (Å²) in [5.41, 5.74) is 0.923. The minimum absolute atomic E-state index is 0.287. The van der Waals surface area contributed by atoms with Gasteiger partial charge in [0, 0.05) is 21.9 Å². The van der Waals surface area contributed by atoms with Crippen LogP contribution >= 0.6 is 27.3 Å². The maximum absolute atomic E-state index is 12.5. The zero-order valence-electron chi connectivity index (χ0n) is 11.8. The van der Waals surface area contributed by atoms with Crippen molar-refractivity contribution < 1.29 is 8.42 Å². The van der Waals surface area contributed by atoms with Crippen molar-refractivity contribution in [3.05, 3.63) is 50.6 Å². The van der Waals surface area contributed by atoms with Crippen molar-refractivity contribution in [3.63, 3.8) is 0 Å². The van der Waals surface area contributed by atoms with E-state index in [1.807, 2.05) is 31.2 Å². The van der Waals surface area contributed by atoms with Crippen molar-refractivity contribution in [2.45, 2.75) is 24.4 Å². The molecule has 1 heterocycles. The molecule has 2 N–H and O–H groups in total. The van der Waals surface area contributed by atoms with Crippen molar-refractivity contribution in [3.8, 4) is 0 Å². The third-order valence-corrected chi connectivity index (χ3v) is 6.24. The molecule has 0 aliphatic rings. The van der Waals surface area contributed by atoms with Gasteiger partial charge >= 0.3 is 0 Å². The quantitative estimate of drug-likeness (QED) is 0.797. The first-order chi connectivity index (χ1) is 9.94. The van der Waals surface area contributed by atoms with E-state index >= 15 is 0 Å². The van der Waals surface area contributed by atoms with E-state index in [1.165, 1.54) is 11.3 Å². The Labute approximate surface area is 137 Å². The molecule has 1 aromatic heterocycles. The molecule has 1 unspecified atom stereocenters. The molecule has 0 aliphatic heterocycles. The van der Waals surface area contributed by atoms with Crippen LogP contribution in [0.4, 0.5) is 0 Å². The predicted molar refractivity (Wildman–Crippen MR) is 90.0 cm³/mol. The first-order valence-electron chi connectivity index (χ1n) is 6.43. The summed E-state index contributed by atoms with van der Waals surface area (Å²) in [6, 6.07) is 8.96. The van der Waals surface area contributed by atoms with Crippen LogP contribution in [0.15, 0.2) is 45.1 Å². The zero-order valence-corrected chi connectivity index (χ0v) is 15.0. The number of hydrogen-bond acceptors (Lipinski definition) is 4. The van der Waals surface area contributed by atoms with E-state index in [4.69, 9.17) is 0 Å². The lowest BCUT2D eigenvalue weighted by Crippen LogP contribution is -2.27. The lowest BCUT2D eigenvalue weighted by atomic mass is 10.1. The van der Waals surface area contributed by atoms with Crippen LogP contribution in [-0.2, 0) is 16.6 Å². The molecule has 114 valence electrons. The van der Waals surface area contributed by atoms with Gasteiger partial charge in [0.25, 0.3) is 0 Å². The van der Waals surface area contributed by atoms with Crippen molar-refractivity contribution in [1.29, 1.82) is 0 Å². The minimum Gasteiger partial charge on any atom is -0.315 e. The van der Waals surface area contributed by atoms with Gasteiger partial charge in [0.05, 0.1) is 4.90 Å². The Kier molecular flexibility index (Phi) is 5.56. The summed E-state index contributed by atoms with van der Waals surface area (Å²) in [5, 5.41) is 4.78. The average Bonchev–Trinajstić information content (AvgIpc) is 2.88. The molecule has 0 saturated heterocycles. The first kappa shape index (κ1) is 16.6. The van der Waals surface area contributed by atoms with E-state index < -0.39 is 10.0 Å². The lowest BCUT2D eigenvalue weighted by molar-refractivity contribution is 0.566. The van der Waals surface area contributed by atoms with Gasteiger partial charge in [-0.2, -0.15) is 0 Å². The molecule has 0 spiro atoms. The van der Waals surface area contributed by atoms with Gasteiger partial charge in [-0.3, -0.25) is 0 Å². The fraction of sp³-hybridized carbons (Fsp3) is 0.286. The second kappa shape index (κ2) is 7.02. The van der Waals surface area contributed by atoms with Gasteiger partial charge in [0.2, 0.25) is 10.0 Å². The van der Waals surface area contributed by atoms with Crippen LogP contribution in [0.3, 0.4) is 0 Å². The maximum Gasteiger partial charge on any atom is 0.242 e. The highest BCUT2D eigenvalue weighted by molar-refractivity contribution is 9.10.